The van der Waals surface area contributed by atoms with Gasteiger partial charge in [0.25, 0.3) is 0 Å². The Labute approximate surface area is 143 Å². The second kappa shape index (κ2) is 6.41. The standard InChI is InChI=1S/C18H15N5S/c1-2-14-11-16(22-17(21-14)13-6-8-19-9-7-13)24-18-20-12-15-5-3-4-10-23(15)18/h3-12H,2H2,1H3. The van der Waals surface area contributed by atoms with Crippen LogP contribution in [0.1, 0.15) is 12.6 Å². The smallest absolute Gasteiger partial charge is 0.178 e. The molecule has 0 aliphatic heterocycles. The fourth-order valence-electron chi connectivity index (χ4n) is 2.42. The number of aromatic nitrogens is 5. The van der Waals surface area contributed by atoms with Gasteiger partial charge in [-0.3, -0.25) is 9.38 Å². The lowest BCUT2D eigenvalue weighted by Gasteiger charge is -2.06. The molecule has 0 N–H and O–H groups in total. The van der Waals surface area contributed by atoms with Crippen molar-refractivity contribution in [1.82, 2.24) is 24.3 Å². The molecule has 0 aliphatic rings. The first kappa shape index (κ1) is 14.8. The zero-order valence-electron chi connectivity index (χ0n) is 13.1. The first-order valence-corrected chi connectivity index (χ1v) is 8.53. The Balaban J connectivity index is 1.75. The molecule has 0 unspecified atom stereocenters. The van der Waals surface area contributed by atoms with Crippen LogP contribution < -0.4 is 0 Å². The van der Waals surface area contributed by atoms with E-state index in [0.717, 1.165) is 39.2 Å². The fraction of sp³-hybridized carbons (Fsp3) is 0.111. The van der Waals surface area contributed by atoms with Crippen LogP contribution in [-0.4, -0.2) is 24.3 Å². The second-order valence-electron chi connectivity index (χ2n) is 5.25. The maximum absolute atomic E-state index is 4.70. The molecule has 0 atom stereocenters. The third-order valence-electron chi connectivity index (χ3n) is 3.66. The summed E-state index contributed by atoms with van der Waals surface area (Å²) < 4.78 is 2.06. The molecule has 0 spiro atoms. The number of pyridine rings is 2. The van der Waals surface area contributed by atoms with Crippen LogP contribution in [-0.2, 0) is 6.42 Å². The molecule has 0 fully saturated rings. The second-order valence-corrected chi connectivity index (χ2v) is 6.24. The van der Waals surface area contributed by atoms with Crippen molar-refractivity contribution in [3.63, 3.8) is 0 Å². The lowest BCUT2D eigenvalue weighted by atomic mass is 10.2. The molecule has 0 saturated heterocycles. The first-order valence-electron chi connectivity index (χ1n) is 7.72. The number of nitrogens with zero attached hydrogens (tertiary/aromatic N) is 5. The van der Waals surface area contributed by atoms with Crippen molar-refractivity contribution in [3.8, 4) is 11.4 Å². The quantitative estimate of drug-likeness (QED) is 0.530. The lowest BCUT2D eigenvalue weighted by Crippen LogP contribution is -1.97. The van der Waals surface area contributed by atoms with Crippen molar-refractivity contribution in [2.45, 2.75) is 23.5 Å². The van der Waals surface area contributed by atoms with Gasteiger partial charge in [0.1, 0.15) is 5.03 Å². The highest BCUT2D eigenvalue weighted by molar-refractivity contribution is 7.99. The van der Waals surface area contributed by atoms with E-state index in [1.807, 2.05) is 48.8 Å². The van der Waals surface area contributed by atoms with Gasteiger partial charge in [0.15, 0.2) is 11.0 Å². The zero-order chi connectivity index (χ0) is 16.4. The summed E-state index contributed by atoms with van der Waals surface area (Å²) >= 11 is 1.55. The third kappa shape index (κ3) is 2.88. The van der Waals surface area contributed by atoms with Gasteiger partial charge in [-0.2, -0.15) is 0 Å². The summed E-state index contributed by atoms with van der Waals surface area (Å²) in [5.74, 6) is 0.722. The van der Waals surface area contributed by atoms with E-state index in [1.54, 1.807) is 24.2 Å². The lowest BCUT2D eigenvalue weighted by molar-refractivity contribution is 0.930. The van der Waals surface area contributed by atoms with Crippen molar-refractivity contribution in [3.05, 3.63) is 66.9 Å². The Kier molecular flexibility index (Phi) is 3.96. The van der Waals surface area contributed by atoms with Crippen LogP contribution in [0.15, 0.2) is 71.4 Å². The molecule has 6 heteroatoms. The summed E-state index contributed by atoms with van der Waals surface area (Å²) in [5.41, 5.74) is 3.05. The summed E-state index contributed by atoms with van der Waals surface area (Å²) in [4.78, 5) is 17.9. The van der Waals surface area contributed by atoms with E-state index in [1.165, 1.54) is 0 Å². The van der Waals surface area contributed by atoms with Gasteiger partial charge in [-0.15, -0.1) is 0 Å². The first-order chi connectivity index (χ1) is 11.8. The number of imidazole rings is 1. The van der Waals surface area contributed by atoms with Crippen molar-refractivity contribution >= 4 is 17.3 Å². The third-order valence-corrected chi connectivity index (χ3v) is 4.56. The van der Waals surface area contributed by atoms with E-state index in [4.69, 9.17) is 4.98 Å². The molecule has 4 rings (SSSR count). The molecule has 0 aromatic carbocycles. The molecule has 5 nitrogen and oxygen atoms in total. The number of rotatable bonds is 4. The SMILES string of the molecule is CCc1cc(Sc2ncc3ccccn23)nc(-c2ccncc2)n1. The molecule has 0 radical (unpaired) electrons. The van der Waals surface area contributed by atoms with Crippen LogP contribution in [0.3, 0.4) is 0 Å². The van der Waals surface area contributed by atoms with Gasteiger partial charge in [-0.25, -0.2) is 15.0 Å². The largest absolute Gasteiger partial charge is 0.295 e. The number of fused-ring (bicyclic) bond motifs is 1. The van der Waals surface area contributed by atoms with Gasteiger partial charge in [0, 0.05) is 29.8 Å². The van der Waals surface area contributed by atoms with Gasteiger partial charge in [0.2, 0.25) is 0 Å². The van der Waals surface area contributed by atoms with Crippen LogP contribution in [0.5, 0.6) is 0 Å². The van der Waals surface area contributed by atoms with E-state index in [-0.39, 0.29) is 0 Å². The van der Waals surface area contributed by atoms with Crippen molar-refractivity contribution < 1.29 is 0 Å². The van der Waals surface area contributed by atoms with Crippen LogP contribution in [0.25, 0.3) is 16.9 Å². The normalized spacial score (nSPS) is 11.0. The fourth-order valence-corrected chi connectivity index (χ4v) is 3.31. The Bertz CT molecular complexity index is 981. The summed E-state index contributed by atoms with van der Waals surface area (Å²) in [6, 6.07) is 11.9. The molecule has 4 aromatic heterocycles. The number of hydrogen-bond donors (Lipinski definition) is 0. The van der Waals surface area contributed by atoms with E-state index in [2.05, 4.69) is 26.3 Å². The Morgan fingerprint density at radius 1 is 1.08 bits per heavy atom. The maximum atomic E-state index is 4.70. The molecular weight excluding hydrogens is 318 g/mol. The Hall–Kier alpha value is -2.73. The highest BCUT2D eigenvalue weighted by atomic mass is 32.2. The molecule has 4 heterocycles. The number of aryl methyl sites for hydroxylation is 1. The van der Waals surface area contributed by atoms with Crippen LogP contribution >= 0.6 is 11.8 Å². The minimum Gasteiger partial charge on any atom is -0.295 e. The zero-order valence-corrected chi connectivity index (χ0v) is 13.9. The molecule has 4 aromatic rings. The van der Waals surface area contributed by atoms with Gasteiger partial charge < -0.3 is 0 Å². The number of hydrogen-bond acceptors (Lipinski definition) is 5. The van der Waals surface area contributed by atoms with Crippen molar-refractivity contribution in [2.75, 3.05) is 0 Å². The molecule has 0 aliphatic carbocycles. The van der Waals surface area contributed by atoms with Crippen molar-refractivity contribution in [1.29, 1.82) is 0 Å². The van der Waals surface area contributed by atoms with Crippen LogP contribution in [0, 0.1) is 0 Å². The van der Waals surface area contributed by atoms with Gasteiger partial charge in [0.05, 0.1) is 11.7 Å². The van der Waals surface area contributed by atoms with Crippen LogP contribution in [0.2, 0.25) is 0 Å². The molecule has 0 amide bonds. The Morgan fingerprint density at radius 2 is 1.96 bits per heavy atom. The van der Waals surface area contributed by atoms with Gasteiger partial charge >= 0.3 is 0 Å². The van der Waals surface area contributed by atoms with E-state index in [9.17, 15) is 0 Å². The van der Waals surface area contributed by atoms with E-state index < -0.39 is 0 Å². The molecule has 24 heavy (non-hydrogen) atoms. The topological polar surface area (TPSA) is 56.0 Å². The Morgan fingerprint density at radius 3 is 2.79 bits per heavy atom. The molecule has 118 valence electrons. The maximum Gasteiger partial charge on any atom is 0.178 e. The van der Waals surface area contributed by atoms with Crippen LogP contribution in [0.4, 0.5) is 0 Å². The molecular formula is C18H15N5S. The average Bonchev–Trinajstić information content (AvgIpc) is 3.05. The predicted molar refractivity (Wildman–Crippen MR) is 94.0 cm³/mol. The molecule has 0 bridgehead atoms. The van der Waals surface area contributed by atoms with Gasteiger partial charge in [-0.1, -0.05) is 13.0 Å². The minimum atomic E-state index is 0.722. The predicted octanol–water partition coefficient (Wildman–Crippen LogP) is 3.90. The summed E-state index contributed by atoms with van der Waals surface area (Å²) in [6.07, 6.45) is 8.25. The van der Waals surface area contributed by atoms with E-state index in [0.29, 0.717) is 0 Å². The molecule has 0 saturated carbocycles. The van der Waals surface area contributed by atoms with E-state index >= 15 is 0 Å². The minimum absolute atomic E-state index is 0.722. The van der Waals surface area contributed by atoms with Crippen molar-refractivity contribution in [2.24, 2.45) is 0 Å². The van der Waals surface area contributed by atoms with Gasteiger partial charge in [-0.05, 0) is 48.5 Å². The highest BCUT2D eigenvalue weighted by Crippen LogP contribution is 2.28. The highest BCUT2D eigenvalue weighted by Gasteiger charge is 2.10. The monoisotopic (exact) mass is 333 g/mol. The summed E-state index contributed by atoms with van der Waals surface area (Å²) in [5, 5.41) is 1.79. The summed E-state index contributed by atoms with van der Waals surface area (Å²) in [6.45, 7) is 2.10. The average molecular weight is 333 g/mol. The summed E-state index contributed by atoms with van der Waals surface area (Å²) in [7, 11) is 0.